The molecule has 1 aliphatic rings. The second-order valence-corrected chi connectivity index (χ2v) is 7.35. The molecule has 1 aromatic carbocycles. The second kappa shape index (κ2) is 6.91. The van der Waals surface area contributed by atoms with Crippen LogP contribution in [0.2, 0.25) is 0 Å². The summed E-state index contributed by atoms with van der Waals surface area (Å²) in [7, 11) is 1.40. The molecule has 0 saturated carbocycles. The van der Waals surface area contributed by atoms with Crippen molar-refractivity contribution in [3.05, 3.63) is 52.4 Å². The highest BCUT2D eigenvalue weighted by Crippen LogP contribution is 2.33. The number of nitrogens with zero attached hydrogens (tertiary/aromatic N) is 4. The van der Waals surface area contributed by atoms with Gasteiger partial charge in [-0.1, -0.05) is 0 Å². The molecule has 27 heavy (non-hydrogen) atoms. The van der Waals surface area contributed by atoms with Crippen molar-refractivity contribution >= 4 is 11.8 Å². The Morgan fingerprint density at radius 1 is 1.37 bits per heavy atom. The predicted octanol–water partition coefficient (Wildman–Crippen LogP) is 3.88. The second-order valence-electron chi connectivity index (χ2n) is 7.35. The van der Waals surface area contributed by atoms with E-state index in [0.717, 1.165) is 11.3 Å². The van der Waals surface area contributed by atoms with Gasteiger partial charge in [-0.2, -0.15) is 5.10 Å². The largest absolute Gasteiger partial charge is 0.508 e. The summed E-state index contributed by atoms with van der Waals surface area (Å²) in [6.45, 7) is 13.6. The SMILES string of the molecule is [C-]#[N+]c1c(F)cc(Cn2ncc3c2CN(C(=O)OC(C)(C)C)C3)cc1OC. The third-order valence-electron chi connectivity index (χ3n) is 4.14. The zero-order valence-electron chi connectivity index (χ0n) is 15.7. The molecule has 0 atom stereocenters. The fraction of sp³-hybridized carbons (Fsp3) is 0.421. The first-order valence-electron chi connectivity index (χ1n) is 8.47. The lowest BCUT2D eigenvalue weighted by Crippen LogP contribution is -2.33. The predicted molar refractivity (Wildman–Crippen MR) is 96.0 cm³/mol. The summed E-state index contributed by atoms with van der Waals surface area (Å²) < 4.78 is 26.4. The van der Waals surface area contributed by atoms with E-state index in [2.05, 4.69) is 9.94 Å². The molecule has 1 amide bonds. The quantitative estimate of drug-likeness (QED) is 0.767. The zero-order chi connectivity index (χ0) is 19.8. The number of hydrogen-bond acceptors (Lipinski definition) is 4. The standard InChI is InChI=1S/C19H21FN4O3/c1-19(2,3)27-18(25)23-10-13-8-22-24(15(13)11-23)9-12-6-14(20)17(21-4)16(7-12)26-5/h6-8H,9-11H2,1-3,5H3. The van der Waals surface area contributed by atoms with E-state index < -0.39 is 11.4 Å². The molecule has 142 valence electrons. The minimum absolute atomic E-state index is 0.136. The number of rotatable bonds is 3. The van der Waals surface area contributed by atoms with Crippen molar-refractivity contribution in [2.45, 2.75) is 46.0 Å². The van der Waals surface area contributed by atoms with E-state index in [0.29, 0.717) is 25.2 Å². The van der Waals surface area contributed by atoms with E-state index in [1.165, 1.54) is 13.2 Å². The van der Waals surface area contributed by atoms with Gasteiger partial charge in [-0.05, 0) is 38.5 Å². The zero-order valence-corrected chi connectivity index (χ0v) is 15.7. The van der Waals surface area contributed by atoms with Crippen molar-refractivity contribution in [1.82, 2.24) is 14.7 Å². The van der Waals surface area contributed by atoms with E-state index in [1.54, 1.807) is 21.8 Å². The number of hydrogen-bond donors (Lipinski definition) is 0. The maximum atomic E-state index is 14.1. The number of aromatic nitrogens is 2. The molecule has 0 N–H and O–H groups in total. The van der Waals surface area contributed by atoms with Crippen LogP contribution in [0, 0.1) is 12.4 Å². The molecule has 0 aliphatic carbocycles. The Hall–Kier alpha value is -3.08. The Morgan fingerprint density at radius 2 is 2.11 bits per heavy atom. The van der Waals surface area contributed by atoms with Crippen molar-refractivity contribution in [1.29, 1.82) is 0 Å². The van der Waals surface area contributed by atoms with E-state index >= 15 is 0 Å². The molecule has 0 fully saturated rings. The van der Waals surface area contributed by atoms with Crippen molar-refractivity contribution < 1.29 is 18.7 Å². The number of amides is 1. The van der Waals surface area contributed by atoms with Gasteiger partial charge < -0.3 is 9.47 Å². The molecular formula is C19H21FN4O3. The normalized spacial score (nSPS) is 13.3. The number of carbonyl (C=O) groups is 1. The summed E-state index contributed by atoms with van der Waals surface area (Å²) in [6.07, 6.45) is 1.33. The monoisotopic (exact) mass is 372 g/mol. The maximum absolute atomic E-state index is 14.1. The molecule has 0 radical (unpaired) electrons. The van der Waals surface area contributed by atoms with Gasteiger partial charge in [-0.25, -0.2) is 14.0 Å². The molecule has 1 aliphatic heterocycles. The molecule has 0 spiro atoms. The van der Waals surface area contributed by atoms with Gasteiger partial charge in [0.25, 0.3) is 5.69 Å². The molecule has 1 aromatic heterocycles. The average Bonchev–Trinajstić information content (AvgIpc) is 3.15. The molecule has 3 rings (SSSR count). The summed E-state index contributed by atoms with van der Waals surface area (Å²) in [5.74, 6) is -0.433. The van der Waals surface area contributed by atoms with Crippen LogP contribution in [0.3, 0.4) is 0 Å². The minimum Gasteiger partial charge on any atom is -0.508 e. The van der Waals surface area contributed by atoms with Crippen LogP contribution in [0.15, 0.2) is 18.3 Å². The molecule has 2 heterocycles. The van der Waals surface area contributed by atoms with Crippen LogP contribution in [0.4, 0.5) is 14.9 Å². The first-order chi connectivity index (χ1) is 12.7. The van der Waals surface area contributed by atoms with Crippen LogP contribution in [0.5, 0.6) is 5.75 Å². The third-order valence-corrected chi connectivity index (χ3v) is 4.14. The van der Waals surface area contributed by atoms with Gasteiger partial charge in [0.15, 0.2) is 0 Å². The number of carbonyl (C=O) groups excluding carboxylic acids is 1. The maximum Gasteiger partial charge on any atom is 0.410 e. The van der Waals surface area contributed by atoms with E-state index in [-0.39, 0.29) is 17.5 Å². The third kappa shape index (κ3) is 3.87. The van der Waals surface area contributed by atoms with Gasteiger partial charge in [-0.15, -0.1) is 0 Å². The number of halogens is 1. The molecule has 8 heteroatoms. The number of fused-ring (bicyclic) bond motifs is 1. The van der Waals surface area contributed by atoms with Crippen molar-refractivity contribution in [3.63, 3.8) is 0 Å². The van der Waals surface area contributed by atoms with Crippen LogP contribution >= 0.6 is 0 Å². The Morgan fingerprint density at radius 3 is 2.74 bits per heavy atom. The van der Waals surface area contributed by atoms with Gasteiger partial charge in [0.05, 0.1) is 45.2 Å². The van der Waals surface area contributed by atoms with Gasteiger partial charge in [-0.3, -0.25) is 9.58 Å². The highest BCUT2D eigenvalue weighted by molar-refractivity contribution is 5.69. The molecule has 0 bridgehead atoms. The van der Waals surface area contributed by atoms with Crippen molar-refractivity contribution in [2.75, 3.05) is 7.11 Å². The van der Waals surface area contributed by atoms with E-state index in [9.17, 15) is 9.18 Å². The molecule has 7 nitrogen and oxygen atoms in total. The van der Waals surface area contributed by atoms with E-state index in [1.807, 2.05) is 20.8 Å². The van der Waals surface area contributed by atoms with Crippen LogP contribution in [0.1, 0.15) is 37.6 Å². The lowest BCUT2D eigenvalue weighted by atomic mass is 10.1. The molecular weight excluding hydrogens is 351 g/mol. The summed E-state index contributed by atoms with van der Waals surface area (Å²) in [5.41, 5.74) is 1.75. The Bertz CT molecular complexity index is 924. The van der Waals surface area contributed by atoms with Crippen molar-refractivity contribution in [3.8, 4) is 5.75 Å². The summed E-state index contributed by atoms with van der Waals surface area (Å²) in [4.78, 5) is 17.0. The van der Waals surface area contributed by atoms with Gasteiger partial charge in [0.1, 0.15) is 17.2 Å². The summed E-state index contributed by atoms with van der Waals surface area (Å²) in [6, 6.07) is 2.94. The summed E-state index contributed by atoms with van der Waals surface area (Å²) >= 11 is 0. The Labute approximate surface area is 157 Å². The van der Waals surface area contributed by atoms with E-state index in [4.69, 9.17) is 16.0 Å². The fourth-order valence-electron chi connectivity index (χ4n) is 2.95. The lowest BCUT2D eigenvalue weighted by Gasteiger charge is -2.24. The van der Waals surface area contributed by atoms with Gasteiger partial charge in [0.2, 0.25) is 0 Å². The number of benzene rings is 1. The first-order valence-corrected chi connectivity index (χ1v) is 8.47. The number of ether oxygens (including phenoxy) is 2. The van der Waals surface area contributed by atoms with Crippen LogP contribution in [-0.4, -0.2) is 33.5 Å². The Kier molecular flexibility index (Phi) is 4.79. The topological polar surface area (TPSA) is 61.0 Å². The van der Waals surface area contributed by atoms with Crippen LogP contribution in [-0.2, 0) is 24.4 Å². The lowest BCUT2D eigenvalue weighted by molar-refractivity contribution is 0.0238. The first kappa shape index (κ1) is 18.7. The van der Waals surface area contributed by atoms with Gasteiger partial charge >= 0.3 is 6.09 Å². The minimum atomic E-state index is -0.626. The fourth-order valence-corrected chi connectivity index (χ4v) is 2.95. The molecule has 0 unspecified atom stereocenters. The van der Waals surface area contributed by atoms with Crippen LogP contribution < -0.4 is 4.74 Å². The Balaban J connectivity index is 1.79. The van der Waals surface area contributed by atoms with Gasteiger partial charge in [0, 0.05) is 5.56 Å². The summed E-state index contributed by atoms with van der Waals surface area (Å²) in [5, 5.41) is 4.34. The van der Waals surface area contributed by atoms with Crippen molar-refractivity contribution in [2.24, 2.45) is 0 Å². The number of methoxy groups -OCH3 is 1. The molecule has 2 aromatic rings. The highest BCUT2D eigenvalue weighted by atomic mass is 19.1. The molecule has 0 saturated heterocycles. The highest BCUT2D eigenvalue weighted by Gasteiger charge is 2.30. The smallest absolute Gasteiger partial charge is 0.410 e. The average molecular weight is 372 g/mol. The van der Waals surface area contributed by atoms with Crippen LogP contribution in [0.25, 0.3) is 4.85 Å².